The summed E-state index contributed by atoms with van der Waals surface area (Å²) in [4.78, 5) is 46.2. The minimum Gasteiger partial charge on any atom is -0.505 e. The van der Waals surface area contributed by atoms with Gasteiger partial charge in [0.1, 0.15) is 37.7 Å². The van der Waals surface area contributed by atoms with Crippen molar-refractivity contribution in [3.63, 3.8) is 0 Å². The van der Waals surface area contributed by atoms with Crippen LogP contribution in [0.25, 0.3) is 0 Å². The molecule has 2 amide bonds. The van der Waals surface area contributed by atoms with E-state index in [1.165, 1.54) is 12.1 Å². The summed E-state index contributed by atoms with van der Waals surface area (Å²) in [6.07, 6.45) is 5.39. The van der Waals surface area contributed by atoms with Crippen molar-refractivity contribution in [3.8, 4) is 28.7 Å². The number of amides is 2. The van der Waals surface area contributed by atoms with Gasteiger partial charge in [0.05, 0.1) is 15.6 Å². The van der Waals surface area contributed by atoms with Crippen LogP contribution in [-0.4, -0.2) is 77.1 Å². The molecule has 4 aliphatic rings. The molecular formula is C45H47BrCl2N3O7P2+. The van der Waals surface area contributed by atoms with Crippen molar-refractivity contribution in [2.75, 3.05) is 43.8 Å². The number of piperazine rings is 1. The molecular weight excluding hydrogens is 907 g/mol. The smallest absolute Gasteiger partial charge is 0.340 e. The molecule has 0 aliphatic carbocycles. The molecule has 8 rings (SSSR count). The van der Waals surface area contributed by atoms with Crippen LogP contribution in [0.3, 0.4) is 0 Å². The zero-order valence-electron chi connectivity index (χ0n) is 33.7. The van der Waals surface area contributed by atoms with Crippen molar-refractivity contribution in [3.05, 3.63) is 105 Å². The zero-order valence-corrected chi connectivity index (χ0v) is 38.7. The lowest BCUT2D eigenvalue weighted by molar-refractivity contribution is -0.139. The van der Waals surface area contributed by atoms with Crippen molar-refractivity contribution < 1.29 is 33.7 Å². The molecule has 314 valence electrons. The number of rotatable bonds is 11. The van der Waals surface area contributed by atoms with Gasteiger partial charge in [-0.1, -0.05) is 48.3 Å². The van der Waals surface area contributed by atoms with Crippen LogP contribution >= 0.6 is 53.1 Å². The predicted octanol–water partition coefficient (Wildman–Crippen LogP) is 11.6. The number of fused-ring (bicyclic) bond motifs is 7. The second-order valence-corrected chi connectivity index (χ2v) is 24.7. The Balaban J connectivity index is 1.05. The van der Waals surface area contributed by atoms with Gasteiger partial charge in [0.25, 0.3) is 0 Å². The number of nitrogens with zero attached hydrogens (tertiary/aromatic N) is 3. The monoisotopic (exact) mass is 952 g/mol. The Hall–Kier alpha value is -3.85. The first kappa shape index (κ1) is 42.8. The number of phenols is 1. The van der Waals surface area contributed by atoms with Crippen molar-refractivity contribution >= 4 is 76.6 Å². The molecule has 4 aromatic carbocycles. The Kier molecular flexibility index (Phi) is 12.2. The summed E-state index contributed by atoms with van der Waals surface area (Å²) in [6.45, 7) is 9.60. The Morgan fingerprint density at radius 2 is 1.53 bits per heavy atom. The minimum atomic E-state index is -1.28. The van der Waals surface area contributed by atoms with Gasteiger partial charge in [-0.3, -0.25) is 9.59 Å². The lowest BCUT2D eigenvalue weighted by Gasteiger charge is -2.49. The number of halogens is 3. The molecule has 4 heterocycles. The van der Waals surface area contributed by atoms with E-state index in [0.717, 1.165) is 47.8 Å². The van der Waals surface area contributed by atoms with Crippen LogP contribution in [0.2, 0.25) is 10.0 Å². The summed E-state index contributed by atoms with van der Waals surface area (Å²) < 4.78 is 19.4. The van der Waals surface area contributed by atoms with Crippen molar-refractivity contribution in [2.24, 2.45) is 0 Å². The highest BCUT2D eigenvalue weighted by atomic mass is 79.9. The van der Waals surface area contributed by atoms with Gasteiger partial charge in [-0.15, -0.1) is 0 Å². The molecule has 10 nitrogen and oxygen atoms in total. The maximum atomic E-state index is 13.7. The summed E-state index contributed by atoms with van der Waals surface area (Å²) in [5, 5.41) is 10.2. The maximum Gasteiger partial charge on any atom is 0.340 e. The van der Waals surface area contributed by atoms with Crippen molar-refractivity contribution in [2.45, 2.75) is 76.4 Å². The number of carbonyl (C=O) groups is 3. The van der Waals surface area contributed by atoms with Crippen molar-refractivity contribution in [1.82, 2.24) is 9.80 Å². The van der Waals surface area contributed by atoms with Gasteiger partial charge >= 0.3 is 5.97 Å². The standard InChI is InChI=1S/C45H46BrCl2N3O7P2/c1-27-26-44(2,3)51(15-8-12-41(53)50-18-16-49(17-19-50)40(52)11-6-7-20-60(46)59)37-25-39-34(24-31(27)37)45(32-10-5-4-9-30(32)43(55)58-45)33-14-13-28(23-38(33)57-39)56-29-21-35(47)42(54)36(48)22-29/h4-5,9-10,13-14,21-25,27,59H,6-8,11-12,15-20,26H2,1-3H3/p+1. The third kappa shape index (κ3) is 8.13. The number of hydrogen-bond acceptors (Lipinski definition) is 8. The molecule has 4 aliphatic heterocycles. The number of unbranched alkanes of at least 4 members (excludes halogenated alkanes) is 1. The largest absolute Gasteiger partial charge is 0.505 e. The van der Waals surface area contributed by atoms with E-state index in [4.69, 9.17) is 37.4 Å². The first-order valence-electron chi connectivity index (χ1n) is 20.3. The van der Waals surface area contributed by atoms with Gasteiger partial charge in [-0.05, 0) is 75.3 Å². The molecule has 60 heavy (non-hydrogen) atoms. The molecule has 0 aromatic heterocycles. The highest BCUT2D eigenvalue weighted by Crippen LogP contribution is 2.59. The molecule has 0 saturated carbocycles. The molecule has 0 bridgehead atoms. The average molecular weight is 955 g/mol. The average Bonchev–Trinajstić information content (AvgIpc) is 3.50. The fraction of sp³-hybridized carbons (Fsp3) is 0.400. The molecule has 4 aromatic rings. The molecule has 1 N–H and O–H groups in total. The van der Waals surface area contributed by atoms with E-state index in [2.05, 4.69) is 61.8 Å². The summed E-state index contributed by atoms with van der Waals surface area (Å²) in [7, 11) is 3.61. The van der Waals surface area contributed by atoms with Crippen LogP contribution in [0.5, 0.6) is 28.7 Å². The van der Waals surface area contributed by atoms with E-state index in [0.29, 0.717) is 86.1 Å². The van der Waals surface area contributed by atoms with Crippen molar-refractivity contribution in [1.29, 1.82) is 0 Å². The first-order chi connectivity index (χ1) is 28.7. The summed E-state index contributed by atoms with van der Waals surface area (Å²) >= 11 is 15.9. The molecule has 0 radical (unpaired) electrons. The Morgan fingerprint density at radius 3 is 2.22 bits per heavy atom. The van der Waals surface area contributed by atoms with Crippen LogP contribution in [-0.2, 0) is 19.9 Å². The molecule has 15 heteroatoms. The number of ether oxygens (including phenoxy) is 3. The second kappa shape index (κ2) is 17.1. The number of aromatic hydroxyl groups is 1. The molecule has 1 saturated heterocycles. The minimum absolute atomic E-state index is 0.0529. The molecule has 1 fully saturated rings. The fourth-order valence-electron chi connectivity index (χ4n) is 9.29. The second-order valence-electron chi connectivity index (χ2n) is 16.6. The van der Waals surface area contributed by atoms with Crippen LogP contribution in [0.1, 0.15) is 97.8 Å². The number of carbonyl (C=O) groups excluding carboxylic acids is 3. The van der Waals surface area contributed by atoms with Gasteiger partial charge in [0, 0.05) is 97.7 Å². The van der Waals surface area contributed by atoms with E-state index >= 15 is 0 Å². The van der Waals surface area contributed by atoms with Gasteiger partial charge in [0.2, 0.25) is 27.3 Å². The van der Waals surface area contributed by atoms with E-state index in [9.17, 15) is 19.5 Å². The lowest BCUT2D eigenvalue weighted by atomic mass is 9.74. The molecule has 3 unspecified atom stereocenters. The summed E-state index contributed by atoms with van der Waals surface area (Å²) in [5.41, 5.74) is 3.24. The first-order valence-corrected chi connectivity index (χ1v) is 26.0. The topological polar surface area (TPSA) is 109 Å². The highest BCUT2D eigenvalue weighted by molar-refractivity contribution is 9.40. The van der Waals surface area contributed by atoms with E-state index in [1.54, 1.807) is 18.2 Å². The lowest BCUT2D eigenvalue weighted by Crippen LogP contribution is -2.51. The Bertz CT molecular complexity index is 2390. The number of esters is 1. The molecule has 3 atom stereocenters. The number of anilines is 1. The van der Waals surface area contributed by atoms with Crippen LogP contribution in [0.15, 0.2) is 66.7 Å². The fourth-order valence-corrected chi connectivity index (χ4v) is 11.5. The highest BCUT2D eigenvalue weighted by Gasteiger charge is 2.54. The third-order valence-electron chi connectivity index (χ3n) is 12.2. The predicted molar refractivity (Wildman–Crippen MR) is 243 cm³/mol. The maximum absolute atomic E-state index is 13.7. The number of hydrogen-bond donors (Lipinski definition) is 1. The summed E-state index contributed by atoms with van der Waals surface area (Å²) in [6, 6.07) is 20.0. The summed E-state index contributed by atoms with van der Waals surface area (Å²) in [5.74, 6) is 1.24. The van der Waals surface area contributed by atoms with Gasteiger partial charge < -0.3 is 34.0 Å². The van der Waals surface area contributed by atoms with Gasteiger partial charge in [-0.25, -0.2) is 4.79 Å². The number of benzene rings is 4. The van der Waals surface area contributed by atoms with Crippen LogP contribution < -0.4 is 14.4 Å². The quantitative estimate of drug-likeness (QED) is 0.0900. The van der Waals surface area contributed by atoms with Crippen LogP contribution in [0.4, 0.5) is 5.69 Å². The van der Waals surface area contributed by atoms with Gasteiger partial charge in [-0.2, -0.15) is 0 Å². The van der Waals surface area contributed by atoms with E-state index < -0.39 is 11.6 Å². The third-order valence-corrected chi connectivity index (χ3v) is 15.2. The normalized spacial score (nSPS) is 20.1. The van der Waals surface area contributed by atoms with Gasteiger partial charge in [0.15, 0.2) is 17.3 Å². The van der Waals surface area contributed by atoms with Crippen LogP contribution in [0, 0.1) is 0 Å². The number of phenolic OH excluding ortho intramolecular Hbond substituents is 1. The SMILES string of the molecule is CC1CC(C)(C)N(CCCC(=O)N2CCN(C(=O)CCCC[P+](=P)Br)CC2)c2cc3c(cc21)C1(OC(=O)c2ccccc21)c1ccc(Oc2cc(Cl)c(O)c(Cl)c2)cc1O3. The van der Waals surface area contributed by atoms with E-state index in [-0.39, 0.29) is 45.0 Å². The Morgan fingerprint density at radius 1 is 0.883 bits per heavy atom. The Labute approximate surface area is 371 Å². The zero-order chi connectivity index (χ0) is 42.5. The van der Waals surface area contributed by atoms with E-state index in [1.807, 2.05) is 34.1 Å². The molecule has 1 spiro atoms.